The summed E-state index contributed by atoms with van der Waals surface area (Å²) < 4.78 is 5.56. The van der Waals surface area contributed by atoms with Gasteiger partial charge in [-0.2, -0.15) is 0 Å². The fraction of sp³-hybridized carbons (Fsp3) is 1.00. The average Bonchev–Trinajstić information content (AvgIpc) is 2.67. The molecule has 1 aliphatic heterocycles. The van der Waals surface area contributed by atoms with Crippen molar-refractivity contribution >= 4 is 0 Å². The smallest absolute Gasteiger partial charge is 0.0700 e. The molecule has 84 valence electrons. The van der Waals surface area contributed by atoms with Gasteiger partial charge in [0, 0.05) is 25.7 Å². The highest BCUT2D eigenvalue weighted by molar-refractivity contribution is 4.71. The van der Waals surface area contributed by atoms with E-state index < -0.39 is 0 Å². The van der Waals surface area contributed by atoms with Crippen LogP contribution in [0, 0.1) is 0 Å². The van der Waals surface area contributed by atoms with E-state index in [4.69, 9.17) is 4.74 Å². The first kappa shape index (κ1) is 12.0. The number of hydrogen-bond acceptors (Lipinski definition) is 3. The van der Waals surface area contributed by atoms with Crippen molar-refractivity contribution in [3.05, 3.63) is 0 Å². The first-order valence-corrected chi connectivity index (χ1v) is 5.76. The lowest BCUT2D eigenvalue weighted by molar-refractivity contribution is 0.106. The van der Waals surface area contributed by atoms with E-state index in [1.54, 1.807) is 0 Å². The fourth-order valence-corrected chi connectivity index (χ4v) is 1.80. The molecule has 0 aromatic carbocycles. The van der Waals surface area contributed by atoms with Crippen molar-refractivity contribution in [1.29, 1.82) is 0 Å². The standard InChI is InChI=1S/C11H24N2O/c1-4-13(3)9-10(2)12-8-11-6-5-7-14-11/h10-12H,4-9H2,1-3H3. The summed E-state index contributed by atoms with van der Waals surface area (Å²) in [6.45, 7) is 8.62. The minimum atomic E-state index is 0.462. The SMILES string of the molecule is CCN(C)CC(C)NCC1CCCO1. The Morgan fingerprint density at radius 3 is 2.93 bits per heavy atom. The minimum Gasteiger partial charge on any atom is -0.377 e. The van der Waals surface area contributed by atoms with Gasteiger partial charge in [-0.15, -0.1) is 0 Å². The van der Waals surface area contributed by atoms with Crippen LogP contribution in [0.25, 0.3) is 0 Å². The van der Waals surface area contributed by atoms with Crippen molar-refractivity contribution in [3.8, 4) is 0 Å². The summed E-state index contributed by atoms with van der Waals surface area (Å²) in [4.78, 5) is 2.33. The Labute approximate surface area is 87.8 Å². The first-order chi connectivity index (χ1) is 6.72. The van der Waals surface area contributed by atoms with Crippen molar-refractivity contribution < 1.29 is 4.74 Å². The molecular weight excluding hydrogens is 176 g/mol. The lowest BCUT2D eigenvalue weighted by Crippen LogP contribution is -2.40. The summed E-state index contributed by atoms with van der Waals surface area (Å²) in [5, 5.41) is 3.52. The lowest BCUT2D eigenvalue weighted by atomic mass is 10.2. The van der Waals surface area contributed by atoms with Crippen LogP contribution in [0.15, 0.2) is 0 Å². The maximum atomic E-state index is 5.56. The molecule has 1 rings (SSSR count). The third-order valence-corrected chi connectivity index (χ3v) is 2.84. The van der Waals surface area contributed by atoms with Crippen LogP contribution in [0.1, 0.15) is 26.7 Å². The molecule has 1 fully saturated rings. The van der Waals surface area contributed by atoms with Crippen LogP contribution >= 0.6 is 0 Å². The number of nitrogens with one attached hydrogen (secondary N) is 1. The molecular formula is C11H24N2O. The Hall–Kier alpha value is -0.120. The van der Waals surface area contributed by atoms with Gasteiger partial charge in [-0.05, 0) is 33.4 Å². The molecule has 0 radical (unpaired) electrons. The number of ether oxygens (including phenoxy) is 1. The van der Waals surface area contributed by atoms with Gasteiger partial charge in [0.2, 0.25) is 0 Å². The zero-order valence-corrected chi connectivity index (χ0v) is 9.75. The van der Waals surface area contributed by atoms with Crippen LogP contribution in [0.2, 0.25) is 0 Å². The number of rotatable bonds is 6. The molecule has 0 amide bonds. The number of likely N-dealkylation sites (N-methyl/N-ethyl adjacent to an activating group) is 1. The first-order valence-electron chi connectivity index (χ1n) is 5.76. The molecule has 0 aliphatic carbocycles. The van der Waals surface area contributed by atoms with Gasteiger partial charge < -0.3 is 15.0 Å². The Bertz CT molecular complexity index is 146. The molecule has 2 unspecified atom stereocenters. The van der Waals surface area contributed by atoms with E-state index in [9.17, 15) is 0 Å². The minimum absolute atomic E-state index is 0.462. The predicted molar refractivity (Wildman–Crippen MR) is 59.6 cm³/mol. The molecule has 0 saturated carbocycles. The molecule has 1 N–H and O–H groups in total. The van der Waals surface area contributed by atoms with Crippen LogP contribution in [0.5, 0.6) is 0 Å². The van der Waals surface area contributed by atoms with Gasteiger partial charge in [0.05, 0.1) is 6.10 Å². The molecule has 1 saturated heterocycles. The zero-order valence-electron chi connectivity index (χ0n) is 9.75. The largest absolute Gasteiger partial charge is 0.377 e. The predicted octanol–water partition coefficient (Wildman–Crippen LogP) is 1.10. The Balaban J connectivity index is 2.04. The van der Waals surface area contributed by atoms with Crippen molar-refractivity contribution in [3.63, 3.8) is 0 Å². The molecule has 0 bridgehead atoms. The summed E-state index contributed by atoms with van der Waals surface area (Å²) in [6, 6.07) is 0.559. The molecule has 1 aliphatic rings. The highest BCUT2D eigenvalue weighted by Gasteiger charge is 2.15. The Kier molecular flexibility index (Phi) is 5.45. The van der Waals surface area contributed by atoms with Gasteiger partial charge in [-0.25, -0.2) is 0 Å². The second kappa shape index (κ2) is 6.38. The van der Waals surface area contributed by atoms with Gasteiger partial charge in [-0.1, -0.05) is 6.92 Å². The summed E-state index contributed by atoms with van der Waals surface area (Å²) in [6.07, 6.45) is 2.92. The topological polar surface area (TPSA) is 24.5 Å². The van der Waals surface area contributed by atoms with Crippen molar-refractivity contribution in [2.75, 3.05) is 33.3 Å². The summed E-state index contributed by atoms with van der Waals surface area (Å²) >= 11 is 0. The zero-order chi connectivity index (χ0) is 10.4. The van der Waals surface area contributed by atoms with E-state index in [0.717, 1.165) is 26.2 Å². The third-order valence-electron chi connectivity index (χ3n) is 2.84. The van der Waals surface area contributed by atoms with Gasteiger partial charge in [0.15, 0.2) is 0 Å². The van der Waals surface area contributed by atoms with Crippen LogP contribution in [-0.2, 0) is 4.74 Å². The van der Waals surface area contributed by atoms with Crippen LogP contribution in [0.3, 0.4) is 0 Å². The summed E-state index contributed by atoms with van der Waals surface area (Å²) in [5.41, 5.74) is 0. The Morgan fingerprint density at radius 1 is 1.57 bits per heavy atom. The van der Waals surface area contributed by atoms with E-state index in [-0.39, 0.29) is 0 Å². The second-order valence-electron chi connectivity index (χ2n) is 4.30. The molecule has 0 spiro atoms. The van der Waals surface area contributed by atoms with Crippen LogP contribution in [-0.4, -0.2) is 50.3 Å². The normalized spacial score (nSPS) is 24.4. The molecule has 0 aromatic heterocycles. The van der Waals surface area contributed by atoms with Gasteiger partial charge >= 0.3 is 0 Å². The molecule has 0 aromatic rings. The molecule has 1 heterocycles. The lowest BCUT2D eigenvalue weighted by Gasteiger charge is -2.22. The highest BCUT2D eigenvalue weighted by Crippen LogP contribution is 2.10. The Morgan fingerprint density at radius 2 is 2.36 bits per heavy atom. The van der Waals surface area contributed by atoms with Crippen LogP contribution in [0.4, 0.5) is 0 Å². The third kappa shape index (κ3) is 4.40. The molecule has 14 heavy (non-hydrogen) atoms. The summed E-state index contributed by atoms with van der Waals surface area (Å²) in [5.74, 6) is 0. The van der Waals surface area contributed by atoms with E-state index in [2.05, 4.69) is 31.1 Å². The van der Waals surface area contributed by atoms with Gasteiger partial charge in [0.25, 0.3) is 0 Å². The van der Waals surface area contributed by atoms with Crippen molar-refractivity contribution in [1.82, 2.24) is 10.2 Å². The molecule has 3 heteroatoms. The monoisotopic (exact) mass is 200 g/mol. The van der Waals surface area contributed by atoms with E-state index in [1.807, 2.05) is 0 Å². The fourth-order valence-electron chi connectivity index (χ4n) is 1.80. The summed E-state index contributed by atoms with van der Waals surface area (Å²) in [7, 11) is 2.16. The molecule has 2 atom stereocenters. The maximum Gasteiger partial charge on any atom is 0.0700 e. The average molecular weight is 200 g/mol. The van der Waals surface area contributed by atoms with E-state index in [0.29, 0.717) is 12.1 Å². The van der Waals surface area contributed by atoms with Crippen molar-refractivity contribution in [2.45, 2.75) is 38.8 Å². The van der Waals surface area contributed by atoms with Gasteiger partial charge in [0.1, 0.15) is 0 Å². The van der Waals surface area contributed by atoms with Crippen molar-refractivity contribution in [2.24, 2.45) is 0 Å². The second-order valence-corrected chi connectivity index (χ2v) is 4.30. The maximum absolute atomic E-state index is 5.56. The quantitative estimate of drug-likeness (QED) is 0.695. The van der Waals surface area contributed by atoms with E-state index >= 15 is 0 Å². The number of hydrogen-bond donors (Lipinski definition) is 1. The molecule has 3 nitrogen and oxygen atoms in total. The van der Waals surface area contributed by atoms with Gasteiger partial charge in [-0.3, -0.25) is 0 Å². The van der Waals surface area contributed by atoms with Crippen LogP contribution < -0.4 is 5.32 Å². The van der Waals surface area contributed by atoms with E-state index in [1.165, 1.54) is 12.8 Å². The number of nitrogens with zero attached hydrogens (tertiary/aromatic N) is 1. The highest BCUT2D eigenvalue weighted by atomic mass is 16.5.